The molecule has 0 saturated carbocycles. The highest BCUT2D eigenvalue weighted by atomic mass is 16.5. The lowest BCUT2D eigenvalue weighted by molar-refractivity contribution is 0.0526. The number of fused-ring (bicyclic) bond motifs is 1. The highest BCUT2D eigenvalue weighted by Gasteiger charge is 2.11. The maximum atomic E-state index is 11.8. The van der Waals surface area contributed by atoms with Crippen LogP contribution in [0.3, 0.4) is 0 Å². The quantitative estimate of drug-likeness (QED) is 0.570. The predicted octanol–water partition coefficient (Wildman–Crippen LogP) is 5.42. The van der Waals surface area contributed by atoms with E-state index in [1.807, 2.05) is 44.2 Å². The molecule has 3 aromatic carbocycles. The lowest BCUT2D eigenvalue weighted by Crippen LogP contribution is -2.10. The van der Waals surface area contributed by atoms with Gasteiger partial charge in [-0.2, -0.15) is 0 Å². The fourth-order valence-electron chi connectivity index (χ4n) is 2.99. The summed E-state index contributed by atoms with van der Waals surface area (Å²) in [5.41, 5.74) is 2.61. The molecule has 1 N–H and O–H groups in total. The van der Waals surface area contributed by atoms with Gasteiger partial charge in [-0.3, -0.25) is 0 Å². The van der Waals surface area contributed by atoms with Crippen LogP contribution in [0.4, 0.5) is 5.69 Å². The zero-order valence-corrected chi connectivity index (χ0v) is 16.0. The summed E-state index contributed by atoms with van der Waals surface area (Å²) in [6.07, 6.45) is 0.105. The summed E-state index contributed by atoms with van der Waals surface area (Å²) in [5.74, 6) is 0.588. The van der Waals surface area contributed by atoms with Crippen LogP contribution in [0.15, 0.2) is 60.7 Å². The summed E-state index contributed by atoms with van der Waals surface area (Å²) >= 11 is 0. The Labute approximate surface area is 160 Å². The molecule has 140 valence electrons. The van der Waals surface area contributed by atoms with Crippen molar-refractivity contribution in [3.05, 3.63) is 71.8 Å². The van der Waals surface area contributed by atoms with Gasteiger partial charge in [-0.1, -0.05) is 30.3 Å². The average molecular weight is 363 g/mol. The number of rotatable bonds is 7. The molecular formula is C23H25NO3. The molecule has 27 heavy (non-hydrogen) atoms. The van der Waals surface area contributed by atoms with E-state index in [1.54, 1.807) is 19.1 Å². The fourth-order valence-corrected chi connectivity index (χ4v) is 2.99. The topological polar surface area (TPSA) is 47.6 Å². The zero-order valence-electron chi connectivity index (χ0n) is 16.0. The van der Waals surface area contributed by atoms with E-state index >= 15 is 0 Å². The van der Waals surface area contributed by atoms with Gasteiger partial charge in [0.05, 0.1) is 18.3 Å². The van der Waals surface area contributed by atoms with Crippen molar-refractivity contribution in [1.29, 1.82) is 0 Å². The van der Waals surface area contributed by atoms with Gasteiger partial charge in [-0.05, 0) is 61.9 Å². The van der Waals surface area contributed by atoms with Gasteiger partial charge >= 0.3 is 5.97 Å². The largest absolute Gasteiger partial charge is 0.491 e. The number of esters is 1. The molecule has 4 nitrogen and oxygen atoms in total. The number of benzene rings is 3. The summed E-state index contributed by atoms with van der Waals surface area (Å²) in [6, 6.07) is 19.7. The van der Waals surface area contributed by atoms with Gasteiger partial charge in [0.1, 0.15) is 5.75 Å². The highest BCUT2D eigenvalue weighted by molar-refractivity contribution is 5.90. The molecule has 0 aliphatic heterocycles. The fraction of sp³-hybridized carbons (Fsp3) is 0.261. The minimum atomic E-state index is -0.300. The van der Waals surface area contributed by atoms with Gasteiger partial charge in [0.15, 0.2) is 0 Å². The van der Waals surface area contributed by atoms with Crippen LogP contribution in [0.5, 0.6) is 5.75 Å². The normalized spacial score (nSPS) is 10.8. The van der Waals surface area contributed by atoms with Crippen LogP contribution in [-0.2, 0) is 11.3 Å². The number of carbonyl (C=O) groups excluding carboxylic acids is 1. The number of carbonyl (C=O) groups is 1. The third-order valence-corrected chi connectivity index (χ3v) is 4.23. The van der Waals surface area contributed by atoms with Crippen LogP contribution >= 0.6 is 0 Å². The van der Waals surface area contributed by atoms with Crippen molar-refractivity contribution in [3.63, 3.8) is 0 Å². The van der Waals surface area contributed by atoms with Crippen LogP contribution < -0.4 is 10.1 Å². The number of ether oxygens (including phenoxy) is 2. The SMILES string of the molecule is CCOC(=O)c1ccc(NCc2c(OC(C)C)ccc3ccccc23)cc1. The molecule has 0 aliphatic rings. The molecule has 3 rings (SSSR count). The Hall–Kier alpha value is -3.01. The standard InChI is InChI=1S/C23H25NO3/c1-4-26-23(25)18-9-12-19(13-10-18)24-15-21-20-8-6-5-7-17(20)11-14-22(21)27-16(2)3/h5-14,16,24H,4,15H2,1-3H3. The Kier molecular flexibility index (Phi) is 5.97. The molecule has 3 aromatic rings. The van der Waals surface area contributed by atoms with Gasteiger partial charge in [0, 0.05) is 17.8 Å². The van der Waals surface area contributed by atoms with Gasteiger partial charge in [-0.15, -0.1) is 0 Å². The molecule has 0 saturated heterocycles. The van der Waals surface area contributed by atoms with Crippen molar-refractivity contribution < 1.29 is 14.3 Å². The van der Waals surface area contributed by atoms with E-state index in [-0.39, 0.29) is 12.1 Å². The molecule has 0 spiro atoms. The monoisotopic (exact) mass is 363 g/mol. The first-order valence-electron chi connectivity index (χ1n) is 9.27. The lowest BCUT2D eigenvalue weighted by Gasteiger charge is -2.17. The molecule has 4 heteroatoms. The third kappa shape index (κ3) is 4.59. The maximum Gasteiger partial charge on any atom is 0.338 e. The van der Waals surface area contributed by atoms with Crippen LogP contribution in [0, 0.1) is 0 Å². The minimum absolute atomic E-state index is 0.105. The van der Waals surface area contributed by atoms with Crippen LogP contribution in [0.1, 0.15) is 36.7 Å². The average Bonchev–Trinajstić information content (AvgIpc) is 2.67. The molecule has 0 radical (unpaired) electrons. The highest BCUT2D eigenvalue weighted by Crippen LogP contribution is 2.29. The molecule has 0 aromatic heterocycles. The molecular weight excluding hydrogens is 338 g/mol. The van der Waals surface area contributed by atoms with Gasteiger partial charge in [-0.25, -0.2) is 4.79 Å². The predicted molar refractivity (Wildman–Crippen MR) is 109 cm³/mol. The van der Waals surface area contributed by atoms with E-state index in [0.29, 0.717) is 18.7 Å². The van der Waals surface area contributed by atoms with Gasteiger partial charge in [0.2, 0.25) is 0 Å². The first kappa shape index (κ1) is 18.8. The van der Waals surface area contributed by atoms with E-state index < -0.39 is 0 Å². The van der Waals surface area contributed by atoms with E-state index in [4.69, 9.17) is 9.47 Å². The number of nitrogens with one attached hydrogen (secondary N) is 1. The second-order valence-corrected chi connectivity index (χ2v) is 6.58. The smallest absolute Gasteiger partial charge is 0.338 e. The van der Waals surface area contributed by atoms with Crippen molar-refractivity contribution in [2.45, 2.75) is 33.4 Å². The minimum Gasteiger partial charge on any atom is -0.491 e. The van der Waals surface area contributed by atoms with Crippen LogP contribution in [0.25, 0.3) is 10.8 Å². The third-order valence-electron chi connectivity index (χ3n) is 4.23. The Balaban J connectivity index is 1.82. The van der Waals surface area contributed by atoms with Crippen molar-refractivity contribution in [2.24, 2.45) is 0 Å². The number of hydrogen-bond acceptors (Lipinski definition) is 4. The molecule has 0 heterocycles. The summed E-state index contributed by atoms with van der Waals surface area (Å²) in [4.78, 5) is 11.8. The Morgan fingerprint density at radius 2 is 1.74 bits per heavy atom. The van der Waals surface area contributed by atoms with Crippen molar-refractivity contribution in [1.82, 2.24) is 0 Å². The van der Waals surface area contributed by atoms with Crippen molar-refractivity contribution in [2.75, 3.05) is 11.9 Å². The van der Waals surface area contributed by atoms with Crippen molar-refractivity contribution >= 4 is 22.4 Å². The summed E-state index contributed by atoms with van der Waals surface area (Å²) in [5, 5.41) is 5.79. The van der Waals surface area contributed by atoms with E-state index in [9.17, 15) is 4.79 Å². The van der Waals surface area contributed by atoms with Crippen LogP contribution in [0.2, 0.25) is 0 Å². The first-order valence-corrected chi connectivity index (χ1v) is 9.27. The number of anilines is 1. The number of hydrogen-bond donors (Lipinski definition) is 1. The molecule has 0 amide bonds. The summed E-state index contributed by atoms with van der Waals surface area (Å²) in [7, 11) is 0. The van der Waals surface area contributed by atoms with Gasteiger partial charge < -0.3 is 14.8 Å². The van der Waals surface area contributed by atoms with E-state index in [2.05, 4.69) is 23.5 Å². The van der Waals surface area contributed by atoms with Crippen LogP contribution in [-0.4, -0.2) is 18.7 Å². The summed E-state index contributed by atoms with van der Waals surface area (Å²) in [6.45, 7) is 6.86. The second kappa shape index (κ2) is 8.58. The van der Waals surface area contributed by atoms with Crippen molar-refractivity contribution in [3.8, 4) is 5.75 Å². The Morgan fingerprint density at radius 3 is 2.44 bits per heavy atom. The molecule has 0 fully saturated rings. The Morgan fingerprint density at radius 1 is 1.00 bits per heavy atom. The molecule has 0 bridgehead atoms. The van der Waals surface area contributed by atoms with Gasteiger partial charge in [0.25, 0.3) is 0 Å². The summed E-state index contributed by atoms with van der Waals surface area (Å²) < 4.78 is 11.0. The molecule has 0 aliphatic carbocycles. The van der Waals surface area contributed by atoms with E-state index in [0.717, 1.165) is 17.0 Å². The first-order chi connectivity index (χ1) is 13.1. The second-order valence-electron chi connectivity index (χ2n) is 6.58. The zero-order chi connectivity index (χ0) is 19.2. The Bertz CT molecular complexity index is 917. The molecule has 0 unspecified atom stereocenters. The molecule has 0 atom stereocenters. The lowest BCUT2D eigenvalue weighted by atomic mass is 10.0. The van der Waals surface area contributed by atoms with E-state index in [1.165, 1.54) is 10.8 Å². The maximum absolute atomic E-state index is 11.8.